The summed E-state index contributed by atoms with van der Waals surface area (Å²) in [5.74, 6) is 0. The monoisotopic (exact) mass is 837 g/mol. The summed E-state index contributed by atoms with van der Waals surface area (Å²) in [5.41, 5.74) is 23.2. The standard InChI is InChI=1S/C62H64N2/c1-12-14-18-45(7)47(9)36-52(13-2)63(53-27-23-41(3)31-42(4)33-53)56-38-51(49-25-29-58-59(30-26-49)62(10,11)60-22-17-19-46(8)61(58)60)39-57(40-56)64(55-34-43(5)32-44(6)35-55)54-28-24-48-20-15-16-21-50(48)37-54/h13-26,28-29,31-40H,7,12,27,30H2,1-6,8-11H3/b18-14-,47-36-,52-13+. The number of aryl methyl sites for hydroxylation is 3. The van der Waals surface area contributed by atoms with Gasteiger partial charge in [0, 0.05) is 46.0 Å². The first-order valence-electron chi connectivity index (χ1n) is 23.1. The Morgan fingerprint density at radius 2 is 1.45 bits per heavy atom. The topological polar surface area (TPSA) is 6.48 Å². The third-order valence-corrected chi connectivity index (χ3v) is 13.2. The molecule has 5 aromatic carbocycles. The fraction of sp³-hybridized carbons (Fsp3) is 0.226. The van der Waals surface area contributed by atoms with Gasteiger partial charge in [-0.3, -0.25) is 0 Å². The fourth-order valence-corrected chi connectivity index (χ4v) is 9.94. The normalized spacial score (nSPS) is 16.2. The second-order valence-electron chi connectivity index (χ2n) is 18.6. The van der Waals surface area contributed by atoms with Crippen LogP contribution in [0.4, 0.5) is 22.7 Å². The number of benzene rings is 5. The van der Waals surface area contributed by atoms with Gasteiger partial charge in [-0.1, -0.05) is 136 Å². The van der Waals surface area contributed by atoms with Crippen LogP contribution in [0.2, 0.25) is 0 Å². The number of anilines is 4. The molecule has 8 rings (SSSR count). The molecule has 0 unspecified atom stereocenters. The van der Waals surface area contributed by atoms with Gasteiger partial charge in [-0.15, -0.1) is 0 Å². The van der Waals surface area contributed by atoms with E-state index >= 15 is 0 Å². The van der Waals surface area contributed by atoms with Crippen LogP contribution < -0.4 is 9.80 Å². The number of fused-ring (bicyclic) bond motifs is 3. The van der Waals surface area contributed by atoms with E-state index in [2.05, 4.69) is 243 Å². The molecule has 0 amide bonds. The molecule has 0 radical (unpaired) electrons. The van der Waals surface area contributed by atoms with Crippen LogP contribution in [-0.4, -0.2) is 0 Å². The van der Waals surface area contributed by atoms with Gasteiger partial charge >= 0.3 is 0 Å². The lowest BCUT2D eigenvalue weighted by molar-refractivity contribution is 0.626. The molecule has 64 heavy (non-hydrogen) atoms. The highest BCUT2D eigenvalue weighted by molar-refractivity contribution is 5.94. The first-order chi connectivity index (χ1) is 30.7. The number of hydrogen-bond acceptors (Lipinski definition) is 2. The molecule has 0 fully saturated rings. The van der Waals surface area contributed by atoms with Crippen molar-refractivity contribution in [3.8, 4) is 0 Å². The van der Waals surface area contributed by atoms with Crippen LogP contribution >= 0.6 is 0 Å². The maximum Gasteiger partial charge on any atom is 0.0488 e. The smallest absolute Gasteiger partial charge is 0.0488 e. The Hall–Kier alpha value is -6.64. The van der Waals surface area contributed by atoms with Gasteiger partial charge in [0.2, 0.25) is 0 Å². The number of nitrogens with zero attached hydrogens (tertiary/aromatic N) is 2. The Balaban J connectivity index is 1.39. The molecule has 0 atom stereocenters. The van der Waals surface area contributed by atoms with E-state index in [0.717, 1.165) is 58.9 Å². The van der Waals surface area contributed by atoms with Crippen molar-refractivity contribution < 1.29 is 0 Å². The summed E-state index contributed by atoms with van der Waals surface area (Å²) < 4.78 is 0. The predicted octanol–water partition coefficient (Wildman–Crippen LogP) is 17.7. The molecule has 0 N–H and O–H groups in total. The van der Waals surface area contributed by atoms with Crippen molar-refractivity contribution in [1.29, 1.82) is 0 Å². The first-order valence-corrected chi connectivity index (χ1v) is 23.1. The summed E-state index contributed by atoms with van der Waals surface area (Å²) in [5, 5.41) is 2.44. The van der Waals surface area contributed by atoms with E-state index in [1.807, 2.05) is 0 Å². The van der Waals surface area contributed by atoms with Gasteiger partial charge in [0.1, 0.15) is 0 Å². The lowest BCUT2D eigenvalue weighted by atomic mass is 9.79. The molecule has 3 aliphatic carbocycles. The van der Waals surface area contributed by atoms with E-state index in [1.165, 1.54) is 77.7 Å². The van der Waals surface area contributed by atoms with Crippen LogP contribution in [-0.2, 0) is 5.41 Å². The van der Waals surface area contributed by atoms with E-state index in [1.54, 1.807) is 0 Å². The van der Waals surface area contributed by atoms with Gasteiger partial charge in [0.25, 0.3) is 0 Å². The fourth-order valence-electron chi connectivity index (χ4n) is 9.94. The zero-order valence-electron chi connectivity index (χ0n) is 39.7. The minimum absolute atomic E-state index is 0.0585. The van der Waals surface area contributed by atoms with Gasteiger partial charge in [-0.2, -0.15) is 0 Å². The molecule has 0 saturated carbocycles. The van der Waals surface area contributed by atoms with E-state index in [-0.39, 0.29) is 5.41 Å². The lowest BCUT2D eigenvalue weighted by Gasteiger charge is -2.32. The molecule has 0 heterocycles. The molecular formula is C62H64N2. The van der Waals surface area contributed by atoms with Crippen LogP contribution in [0.15, 0.2) is 204 Å². The summed E-state index contributed by atoms with van der Waals surface area (Å²) in [7, 11) is 0. The molecule has 0 aromatic heterocycles. The third-order valence-electron chi connectivity index (χ3n) is 13.2. The van der Waals surface area contributed by atoms with Crippen LogP contribution in [0.3, 0.4) is 0 Å². The Kier molecular flexibility index (Phi) is 12.5. The summed E-state index contributed by atoms with van der Waals surface area (Å²) in [6.45, 7) is 26.9. The van der Waals surface area contributed by atoms with Crippen LogP contribution in [0, 0.1) is 20.8 Å². The SMILES string of the molecule is C=C(/C=C\CC)/C(C)=C\C(=C/C)N(C1=CC(C)=CC(C)=CC1)c1cc(C2=CCC3=C(C=C2)c2c(C)cccc2C3(C)C)cc(N(c2cc(C)cc(C)c2)c2ccc3ccccc3c2)c1. The van der Waals surface area contributed by atoms with Gasteiger partial charge in [0.05, 0.1) is 0 Å². The average Bonchev–Trinajstić information content (AvgIpc) is 3.45. The average molecular weight is 837 g/mol. The van der Waals surface area contributed by atoms with Gasteiger partial charge in [-0.05, 0) is 194 Å². The predicted molar refractivity (Wildman–Crippen MR) is 280 cm³/mol. The molecule has 0 bridgehead atoms. The van der Waals surface area contributed by atoms with Crippen molar-refractivity contribution in [1.82, 2.24) is 0 Å². The second kappa shape index (κ2) is 18.2. The molecule has 2 heteroatoms. The van der Waals surface area contributed by atoms with Crippen molar-refractivity contribution in [2.75, 3.05) is 9.80 Å². The highest BCUT2D eigenvalue weighted by atomic mass is 15.2. The third kappa shape index (κ3) is 8.80. The zero-order chi connectivity index (χ0) is 45.3. The van der Waals surface area contributed by atoms with Crippen molar-refractivity contribution in [3.63, 3.8) is 0 Å². The van der Waals surface area contributed by atoms with Crippen molar-refractivity contribution in [2.45, 2.75) is 93.9 Å². The van der Waals surface area contributed by atoms with E-state index in [9.17, 15) is 0 Å². The number of rotatable bonds is 11. The molecule has 3 aliphatic rings. The Morgan fingerprint density at radius 3 is 2.20 bits per heavy atom. The molecular weight excluding hydrogens is 773 g/mol. The van der Waals surface area contributed by atoms with E-state index < -0.39 is 0 Å². The Morgan fingerprint density at radius 1 is 0.719 bits per heavy atom. The summed E-state index contributed by atoms with van der Waals surface area (Å²) in [6.07, 6.45) is 25.8. The molecule has 322 valence electrons. The Bertz CT molecular complexity index is 2960. The Labute approximate surface area is 383 Å². The van der Waals surface area contributed by atoms with Crippen LogP contribution in [0.5, 0.6) is 0 Å². The maximum atomic E-state index is 4.48. The first kappa shape index (κ1) is 44.0. The maximum absolute atomic E-state index is 4.48. The zero-order valence-corrected chi connectivity index (χ0v) is 39.7. The van der Waals surface area contributed by atoms with Crippen molar-refractivity contribution in [2.24, 2.45) is 0 Å². The van der Waals surface area contributed by atoms with Crippen LogP contribution in [0.1, 0.15) is 101 Å². The highest BCUT2D eigenvalue weighted by Crippen LogP contribution is 2.51. The minimum Gasteiger partial charge on any atom is -0.314 e. The number of hydrogen-bond donors (Lipinski definition) is 0. The van der Waals surface area contributed by atoms with Crippen molar-refractivity contribution in [3.05, 3.63) is 237 Å². The largest absolute Gasteiger partial charge is 0.314 e. The second-order valence-corrected chi connectivity index (χ2v) is 18.6. The van der Waals surface area contributed by atoms with Gasteiger partial charge in [-0.25, -0.2) is 0 Å². The van der Waals surface area contributed by atoms with Gasteiger partial charge in [0.15, 0.2) is 0 Å². The van der Waals surface area contributed by atoms with E-state index in [4.69, 9.17) is 0 Å². The van der Waals surface area contributed by atoms with Crippen LogP contribution in [0.25, 0.3) is 21.9 Å². The summed E-state index contributed by atoms with van der Waals surface area (Å²) >= 11 is 0. The summed E-state index contributed by atoms with van der Waals surface area (Å²) in [4.78, 5) is 4.95. The summed E-state index contributed by atoms with van der Waals surface area (Å²) in [6, 6.07) is 36.5. The van der Waals surface area contributed by atoms with E-state index in [0.29, 0.717) is 0 Å². The molecule has 0 saturated heterocycles. The minimum atomic E-state index is -0.0585. The molecule has 5 aromatic rings. The molecule has 0 aliphatic heterocycles. The lowest BCUT2D eigenvalue weighted by Crippen LogP contribution is -2.22. The quantitative estimate of drug-likeness (QED) is 0.122. The molecule has 2 nitrogen and oxygen atoms in total. The number of allylic oxidation sites excluding steroid dienone is 17. The van der Waals surface area contributed by atoms with Gasteiger partial charge < -0.3 is 9.80 Å². The highest BCUT2D eigenvalue weighted by Gasteiger charge is 2.37. The van der Waals surface area contributed by atoms with Crippen molar-refractivity contribution >= 4 is 44.7 Å². The molecule has 0 spiro atoms.